The van der Waals surface area contributed by atoms with E-state index in [-0.39, 0.29) is 0 Å². The monoisotopic (exact) mass is 333 g/mol. The van der Waals surface area contributed by atoms with Crippen LogP contribution in [0.4, 0.5) is 0 Å². The normalized spacial score (nSPS) is 12.4. The Hall–Kier alpha value is -1.26. The Bertz CT molecular complexity index is 587. The average molecular weight is 334 g/mol. The first-order chi connectivity index (χ1) is 9.52. The van der Waals surface area contributed by atoms with Gasteiger partial charge in [0.25, 0.3) is 0 Å². The van der Waals surface area contributed by atoms with Gasteiger partial charge in [0, 0.05) is 22.3 Å². The molecule has 3 nitrogen and oxygen atoms in total. The third-order valence-electron chi connectivity index (χ3n) is 3.53. The maximum Gasteiger partial charge on any atom is 0.133 e. The molecule has 0 saturated heterocycles. The molecule has 106 valence electrons. The van der Waals surface area contributed by atoms with E-state index in [0.29, 0.717) is 12.5 Å². The Morgan fingerprint density at radius 2 is 1.75 bits per heavy atom. The van der Waals surface area contributed by atoms with Crippen molar-refractivity contribution in [2.75, 3.05) is 6.54 Å². The average Bonchev–Trinajstić information content (AvgIpc) is 2.40. The summed E-state index contributed by atoms with van der Waals surface area (Å²) in [5, 5.41) is 0. The molecule has 0 bridgehead atoms. The summed E-state index contributed by atoms with van der Waals surface area (Å²) in [6.45, 7) is 6.82. The first-order valence-corrected chi connectivity index (χ1v) is 7.59. The van der Waals surface area contributed by atoms with Crippen molar-refractivity contribution < 1.29 is 0 Å². The Kier molecular flexibility index (Phi) is 4.89. The minimum Gasteiger partial charge on any atom is -0.330 e. The lowest BCUT2D eigenvalue weighted by molar-refractivity contribution is 0.733. The molecule has 0 radical (unpaired) electrons. The van der Waals surface area contributed by atoms with E-state index in [1.807, 2.05) is 32.0 Å². The summed E-state index contributed by atoms with van der Waals surface area (Å²) < 4.78 is 1.10. The SMILES string of the molecule is Cc1nc(Cc2ccccc2Br)nc(C)c1C(C)CN. The van der Waals surface area contributed by atoms with E-state index in [4.69, 9.17) is 5.73 Å². The highest BCUT2D eigenvalue weighted by Gasteiger charge is 2.14. The minimum atomic E-state index is 0.299. The number of halogens is 1. The molecule has 0 amide bonds. The standard InChI is InChI=1S/C16H20BrN3/c1-10(9-18)16-11(2)19-15(20-12(16)3)8-13-6-4-5-7-14(13)17/h4-7,10H,8-9,18H2,1-3H3. The minimum absolute atomic E-state index is 0.299. The highest BCUT2D eigenvalue weighted by molar-refractivity contribution is 9.10. The topological polar surface area (TPSA) is 51.8 Å². The zero-order valence-electron chi connectivity index (χ0n) is 12.2. The van der Waals surface area contributed by atoms with Gasteiger partial charge in [-0.3, -0.25) is 0 Å². The zero-order chi connectivity index (χ0) is 14.7. The second-order valence-electron chi connectivity index (χ2n) is 5.13. The second kappa shape index (κ2) is 6.46. The third kappa shape index (κ3) is 3.25. The van der Waals surface area contributed by atoms with Gasteiger partial charge in [-0.15, -0.1) is 0 Å². The predicted molar refractivity (Wildman–Crippen MR) is 85.9 cm³/mol. The van der Waals surface area contributed by atoms with Gasteiger partial charge in [0.15, 0.2) is 0 Å². The van der Waals surface area contributed by atoms with Crippen LogP contribution in [0.25, 0.3) is 0 Å². The van der Waals surface area contributed by atoms with E-state index in [1.54, 1.807) is 0 Å². The van der Waals surface area contributed by atoms with Gasteiger partial charge in [-0.2, -0.15) is 0 Å². The van der Waals surface area contributed by atoms with Crippen molar-refractivity contribution in [1.29, 1.82) is 0 Å². The smallest absolute Gasteiger partial charge is 0.133 e. The van der Waals surface area contributed by atoms with Crippen LogP contribution >= 0.6 is 15.9 Å². The molecule has 0 aliphatic carbocycles. The summed E-state index contributed by atoms with van der Waals surface area (Å²) in [6.07, 6.45) is 0.736. The molecule has 1 heterocycles. The summed E-state index contributed by atoms with van der Waals surface area (Å²) in [6, 6.07) is 8.18. The molecule has 0 aliphatic heterocycles. The first kappa shape index (κ1) is 15.1. The fourth-order valence-corrected chi connectivity index (χ4v) is 2.94. The molecule has 20 heavy (non-hydrogen) atoms. The molecule has 0 fully saturated rings. The molecule has 2 N–H and O–H groups in total. The maximum atomic E-state index is 5.76. The maximum absolute atomic E-state index is 5.76. The molecule has 0 aliphatic rings. The number of hydrogen-bond donors (Lipinski definition) is 1. The lowest BCUT2D eigenvalue weighted by atomic mass is 9.98. The molecule has 1 aromatic heterocycles. The van der Waals surface area contributed by atoms with Crippen molar-refractivity contribution in [2.45, 2.75) is 33.1 Å². The van der Waals surface area contributed by atoms with Crippen LogP contribution in [-0.2, 0) is 6.42 Å². The molecule has 2 rings (SSSR count). The van der Waals surface area contributed by atoms with Gasteiger partial charge in [0.1, 0.15) is 5.82 Å². The number of nitrogens with zero attached hydrogens (tertiary/aromatic N) is 2. The van der Waals surface area contributed by atoms with E-state index in [0.717, 1.165) is 28.1 Å². The summed E-state index contributed by atoms with van der Waals surface area (Å²) >= 11 is 3.57. The van der Waals surface area contributed by atoms with Crippen molar-refractivity contribution in [3.05, 3.63) is 57.1 Å². The second-order valence-corrected chi connectivity index (χ2v) is 5.98. The fraction of sp³-hybridized carbons (Fsp3) is 0.375. The van der Waals surface area contributed by atoms with Gasteiger partial charge in [0.2, 0.25) is 0 Å². The quantitative estimate of drug-likeness (QED) is 0.931. The molecular weight excluding hydrogens is 314 g/mol. The summed E-state index contributed by atoms with van der Waals surface area (Å²) in [4.78, 5) is 9.30. The molecule has 4 heteroatoms. The number of rotatable bonds is 4. The van der Waals surface area contributed by atoms with Crippen molar-refractivity contribution in [3.8, 4) is 0 Å². The molecule has 0 saturated carbocycles. The van der Waals surface area contributed by atoms with E-state index < -0.39 is 0 Å². The molecule has 0 spiro atoms. The summed E-state index contributed by atoms with van der Waals surface area (Å²) in [5.41, 5.74) is 10.2. The van der Waals surface area contributed by atoms with Crippen molar-refractivity contribution in [2.24, 2.45) is 5.73 Å². The first-order valence-electron chi connectivity index (χ1n) is 6.80. The number of benzene rings is 1. The highest BCUT2D eigenvalue weighted by Crippen LogP contribution is 2.22. The molecule has 1 unspecified atom stereocenters. The molecule has 1 atom stereocenters. The lowest BCUT2D eigenvalue weighted by Crippen LogP contribution is -2.15. The van der Waals surface area contributed by atoms with Gasteiger partial charge >= 0.3 is 0 Å². The van der Waals surface area contributed by atoms with Crippen LogP contribution in [0.2, 0.25) is 0 Å². The van der Waals surface area contributed by atoms with Crippen LogP contribution in [0.1, 0.15) is 41.2 Å². The van der Waals surface area contributed by atoms with Crippen molar-refractivity contribution in [3.63, 3.8) is 0 Å². The van der Waals surface area contributed by atoms with Gasteiger partial charge in [-0.25, -0.2) is 9.97 Å². The van der Waals surface area contributed by atoms with Crippen LogP contribution in [0, 0.1) is 13.8 Å². The van der Waals surface area contributed by atoms with Crippen LogP contribution in [0.3, 0.4) is 0 Å². The number of aryl methyl sites for hydroxylation is 2. The Morgan fingerprint density at radius 1 is 1.15 bits per heavy atom. The molecule has 2 aromatic rings. The van der Waals surface area contributed by atoms with Gasteiger partial charge < -0.3 is 5.73 Å². The van der Waals surface area contributed by atoms with E-state index in [2.05, 4.69) is 38.9 Å². The van der Waals surface area contributed by atoms with Gasteiger partial charge in [-0.05, 0) is 43.5 Å². The number of hydrogen-bond acceptors (Lipinski definition) is 3. The zero-order valence-corrected chi connectivity index (χ0v) is 13.7. The largest absolute Gasteiger partial charge is 0.330 e. The molecular formula is C16H20BrN3. The van der Waals surface area contributed by atoms with E-state index in [9.17, 15) is 0 Å². The summed E-state index contributed by atoms with van der Waals surface area (Å²) in [5.74, 6) is 1.16. The Labute approximate surface area is 128 Å². The van der Waals surface area contributed by atoms with Crippen LogP contribution < -0.4 is 5.73 Å². The predicted octanol–water partition coefficient (Wildman–Crippen LogP) is 3.51. The number of nitrogens with two attached hydrogens (primary N) is 1. The fourth-order valence-electron chi connectivity index (χ4n) is 2.52. The van der Waals surface area contributed by atoms with Crippen LogP contribution in [0.15, 0.2) is 28.7 Å². The number of aromatic nitrogens is 2. The van der Waals surface area contributed by atoms with Crippen LogP contribution in [-0.4, -0.2) is 16.5 Å². The van der Waals surface area contributed by atoms with E-state index in [1.165, 1.54) is 11.1 Å². The van der Waals surface area contributed by atoms with Crippen molar-refractivity contribution in [1.82, 2.24) is 9.97 Å². The Balaban J connectivity index is 2.34. The van der Waals surface area contributed by atoms with Gasteiger partial charge in [-0.1, -0.05) is 41.1 Å². The van der Waals surface area contributed by atoms with E-state index >= 15 is 0 Å². The van der Waals surface area contributed by atoms with Crippen LogP contribution in [0.5, 0.6) is 0 Å². The van der Waals surface area contributed by atoms with Gasteiger partial charge in [0.05, 0.1) is 0 Å². The highest BCUT2D eigenvalue weighted by atomic mass is 79.9. The molecule has 1 aromatic carbocycles. The third-order valence-corrected chi connectivity index (χ3v) is 4.30. The lowest BCUT2D eigenvalue weighted by Gasteiger charge is -2.16. The summed E-state index contributed by atoms with van der Waals surface area (Å²) in [7, 11) is 0. The van der Waals surface area contributed by atoms with Crippen molar-refractivity contribution >= 4 is 15.9 Å². The Morgan fingerprint density at radius 3 is 2.30 bits per heavy atom.